The first kappa shape index (κ1) is 8.48. The van der Waals surface area contributed by atoms with Crippen molar-refractivity contribution in [1.29, 1.82) is 0 Å². The van der Waals surface area contributed by atoms with Gasteiger partial charge in [-0.1, -0.05) is 0 Å². The fourth-order valence-corrected chi connectivity index (χ4v) is 2.12. The molecule has 1 atom stereocenters. The second-order valence-corrected chi connectivity index (χ2v) is 3.68. The third-order valence-corrected chi connectivity index (χ3v) is 2.87. The highest BCUT2D eigenvalue weighted by Crippen LogP contribution is 2.23. The van der Waals surface area contributed by atoms with E-state index in [2.05, 4.69) is 4.90 Å². The molecule has 0 aliphatic carbocycles. The van der Waals surface area contributed by atoms with Crippen LogP contribution in [0.15, 0.2) is 0 Å². The lowest BCUT2D eigenvalue weighted by Gasteiger charge is -2.38. The number of ether oxygens (including phenoxy) is 2. The Labute approximate surface area is 73.6 Å². The van der Waals surface area contributed by atoms with Crippen molar-refractivity contribution in [3.05, 3.63) is 0 Å². The topological polar surface area (TPSA) is 21.7 Å². The van der Waals surface area contributed by atoms with E-state index < -0.39 is 0 Å². The van der Waals surface area contributed by atoms with Crippen molar-refractivity contribution in [3.63, 3.8) is 0 Å². The average molecular weight is 171 g/mol. The van der Waals surface area contributed by atoms with Crippen LogP contribution in [0.4, 0.5) is 0 Å². The van der Waals surface area contributed by atoms with Crippen molar-refractivity contribution in [2.45, 2.75) is 24.9 Å². The van der Waals surface area contributed by atoms with Gasteiger partial charge < -0.3 is 9.47 Å². The predicted molar refractivity (Wildman–Crippen MR) is 46.2 cm³/mol. The SMILES string of the molecule is COC[C@@H]1CCCN1C1COC1. The highest BCUT2D eigenvalue weighted by Gasteiger charge is 2.34. The molecule has 3 nitrogen and oxygen atoms in total. The number of likely N-dealkylation sites (tertiary alicyclic amines) is 1. The molecule has 2 rings (SSSR count). The molecule has 2 aliphatic heterocycles. The van der Waals surface area contributed by atoms with Crippen LogP contribution in [0.2, 0.25) is 0 Å². The van der Waals surface area contributed by atoms with Crippen LogP contribution in [0.5, 0.6) is 0 Å². The van der Waals surface area contributed by atoms with Crippen molar-refractivity contribution in [2.75, 3.05) is 33.5 Å². The molecule has 3 heteroatoms. The smallest absolute Gasteiger partial charge is 0.0645 e. The lowest BCUT2D eigenvalue weighted by atomic mass is 10.2. The van der Waals surface area contributed by atoms with Gasteiger partial charge in [0.15, 0.2) is 0 Å². The largest absolute Gasteiger partial charge is 0.383 e. The molecule has 12 heavy (non-hydrogen) atoms. The van der Waals surface area contributed by atoms with Crippen LogP contribution < -0.4 is 0 Å². The lowest BCUT2D eigenvalue weighted by Crippen LogP contribution is -2.51. The van der Waals surface area contributed by atoms with Crippen LogP contribution in [0.25, 0.3) is 0 Å². The van der Waals surface area contributed by atoms with Crippen molar-refractivity contribution in [3.8, 4) is 0 Å². The average Bonchev–Trinajstić information content (AvgIpc) is 2.35. The van der Waals surface area contributed by atoms with Crippen LogP contribution in [0, 0.1) is 0 Å². The summed E-state index contributed by atoms with van der Waals surface area (Å²) in [5.74, 6) is 0. The van der Waals surface area contributed by atoms with Crippen LogP contribution in [0.3, 0.4) is 0 Å². The van der Waals surface area contributed by atoms with Crippen LogP contribution in [-0.4, -0.2) is 50.5 Å². The maximum Gasteiger partial charge on any atom is 0.0645 e. The van der Waals surface area contributed by atoms with Gasteiger partial charge >= 0.3 is 0 Å². The van der Waals surface area contributed by atoms with Crippen molar-refractivity contribution in [2.24, 2.45) is 0 Å². The Kier molecular flexibility index (Phi) is 2.63. The molecule has 0 aromatic carbocycles. The summed E-state index contributed by atoms with van der Waals surface area (Å²) >= 11 is 0. The van der Waals surface area contributed by atoms with E-state index in [1.165, 1.54) is 19.4 Å². The van der Waals surface area contributed by atoms with E-state index in [1.807, 2.05) is 0 Å². The molecule has 0 bridgehead atoms. The summed E-state index contributed by atoms with van der Waals surface area (Å²) in [7, 11) is 1.79. The number of methoxy groups -OCH3 is 1. The molecule has 70 valence electrons. The number of hydrogen-bond donors (Lipinski definition) is 0. The highest BCUT2D eigenvalue weighted by atomic mass is 16.5. The highest BCUT2D eigenvalue weighted by molar-refractivity contribution is 4.87. The molecule has 0 spiro atoms. The van der Waals surface area contributed by atoms with Gasteiger partial charge in [0.25, 0.3) is 0 Å². The molecule has 2 aliphatic rings. The van der Waals surface area contributed by atoms with Crippen LogP contribution >= 0.6 is 0 Å². The first-order valence-electron chi connectivity index (χ1n) is 4.74. The van der Waals surface area contributed by atoms with Gasteiger partial charge in [0, 0.05) is 13.2 Å². The second-order valence-electron chi connectivity index (χ2n) is 3.68. The Balaban J connectivity index is 1.85. The Hall–Kier alpha value is -0.120. The number of hydrogen-bond acceptors (Lipinski definition) is 3. The monoisotopic (exact) mass is 171 g/mol. The summed E-state index contributed by atoms with van der Waals surface area (Å²) in [6.07, 6.45) is 2.62. The molecule has 0 amide bonds. The lowest BCUT2D eigenvalue weighted by molar-refractivity contribution is -0.0762. The molecule has 0 aromatic heterocycles. The summed E-state index contributed by atoms with van der Waals surface area (Å²) in [4.78, 5) is 2.55. The molecule has 0 radical (unpaired) electrons. The summed E-state index contributed by atoms with van der Waals surface area (Å²) in [6.45, 7) is 3.99. The molecular weight excluding hydrogens is 154 g/mol. The standard InChI is InChI=1S/C9H17NO2/c1-11-5-8-3-2-4-10(8)9-6-12-7-9/h8-9H,2-7H2,1H3/t8-/m0/s1. The van der Waals surface area contributed by atoms with Gasteiger partial charge in [-0.3, -0.25) is 4.90 Å². The van der Waals surface area contributed by atoms with Gasteiger partial charge in [-0.15, -0.1) is 0 Å². The fraction of sp³-hybridized carbons (Fsp3) is 1.00. The van der Waals surface area contributed by atoms with Gasteiger partial charge in [0.2, 0.25) is 0 Å². The van der Waals surface area contributed by atoms with Gasteiger partial charge in [0.1, 0.15) is 0 Å². The molecule has 0 saturated carbocycles. The Morgan fingerprint density at radius 3 is 2.92 bits per heavy atom. The molecular formula is C9H17NO2. The summed E-state index contributed by atoms with van der Waals surface area (Å²) in [5, 5.41) is 0. The van der Waals surface area contributed by atoms with Gasteiger partial charge in [-0.2, -0.15) is 0 Å². The van der Waals surface area contributed by atoms with E-state index in [0.717, 1.165) is 19.8 Å². The molecule has 2 saturated heterocycles. The normalized spacial score (nSPS) is 32.2. The maximum atomic E-state index is 5.19. The van der Waals surface area contributed by atoms with Crippen LogP contribution in [-0.2, 0) is 9.47 Å². The second kappa shape index (κ2) is 3.73. The zero-order valence-electron chi connectivity index (χ0n) is 7.66. The first-order chi connectivity index (χ1) is 5.92. The van der Waals surface area contributed by atoms with Gasteiger partial charge in [0.05, 0.1) is 25.9 Å². The third-order valence-electron chi connectivity index (χ3n) is 2.87. The summed E-state index contributed by atoms with van der Waals surface area (Å²) in [5.41, 5.74) is 0. The molecule has 0 aromatic rings. The first-order valence-corrected chi connectivity index (χ1v) is 4.74. The zero-order chi connectivity index (χ0) is 8.39. The van der Waals surface area contributed by atoms with E-state index in [-0.39, 0.29) is 0 Å². The maximum absolute atomic E-state index is 5.19. The minimum Gasteiger partial charge on any atom is -0.383 e. The Bertz CT molecular complexity index is 147. The molecule has 2 fully saturated rings. The van der Waals surface area contributed by atoms with Crippen molar-refractivity contribution < 1.29 is 9.47 Å². The Morgan fingerprint density at radius 2 is 2.33 bits per heavy atom. The molecule has 0 N–H and O–H groups in total. The third kappa shape index (κ3) is 1.49. The van der Waals surface area contributed by atoms with Crippen LogP contribution in [0.1, 0.15) is 12.8 Å². The van der Waals surface area contributed by atoms with E-state index in [0.29, 0.717) is 12.1 Å². The van der Waals surface area contributed by atoms with Gasteiger partial charge in [-0.25, -0.2) is 0 Å². The van der Waals surface area contributed by atoms with Crippen molar-refractivity contribution in [1.82, 2.24) is 4.90 Å². The quantitative estimate of drug-likeness (QED) is 0.617. The zero-order valence-corrected chi connectivity index (χ0v) is 7.66. The van der Waals surface area contributed by atoms with E-state index in [9.17, 15) is 0 Å². The minimum atomic E-state index is 0.656. The fourth-order valence-electron chi connectivity index (χ4n) is 2.12. The van der Waals surface area contributed by atoms with E-state index >= 15 is 0 Å². The van der Waals surface area contributed by atoms with Gasteiger partial charge in [-0.05, 0) is 19.4 Å². The van der Waals surface area contributed by atoms with Crippen molar-refractivity contribution >= 4 is 0 Å². The number of rotatable bonds is 3. The summed E-state index contributed by atoms with van der Waals surface area (Å²) in [6, 6.07) is 1.34. The van der Waals surface area contributed by atoms with E-state index in [1.54, 1.807) is 7.11 Å². The van der Waals surface area contributed by atoms with E-state index in [4.69, 9.17) is 9.47 Å². The minimum absolute atomic E-state index is 0.656. The Morgan fingerprint density at radius 1 is 1.50 bits per heavy atom. The predicted octanol–water partition coefficient (Wildman–Crippen LogP) is 0.496. The molecule has 2 heterocycles. The summed E-state index contributed by atoms with van der Waals surface area (Å²) < 4.78 is 10.4. The molecule has 0 unspecified atom stereocenters. The number of nitrogens with zero attached hydrogens (tertiary/aromatic N) is 1.